The monoisotopic (exact) mass is 484 g/mol. The van der Waals surface area contributed by atoms with Gasteiger partial charge in [0.25, 0.3) is 5.78 Å². The van der Waals surface area contributed by atoms with Gasteiger partial charge < -0.3 is 26.0 Å². The Kier molecular flexibility index (Phi) is 7.06. The Labute approximate surface area is 201 Å². The van der Waals surface area contributed by atoms with Crippen molar-refractivity contribution in [1.29, 1.82) is 0 Å². The number of carbonyl (C=O) groups excluding carboxylic acids is 2. The molecule has 4 rings (SSSR count). The number of aromatic carboxylic acids is 1. The molecule has 2 aromatic heterocycles. The van der Waals surface area contributed by atoms with E-state index in [1.165, 1.54) is 11.1 Å². The van der Waals surface area contributed by atoms with Crippen LogP contribution in [0.4, 0.5) is 5.95 Å². The highest BCUT2D eigenvalue weighted by molar-refractivity contribution is 5.93. The Morgan fingerprint density at radius 3 is 2.46 bits per heavy atom. The Hall–Kier alpha value is -4.06. The Morgan fingerprint density at radius 1 is 1.17 bits per heavy atom. The Bertz CT molecular complexity index is 1310. The van der Waals surface area contributed by atoms with Crippen molar-refractivity contribution in [2.75, 3.05) is 12.8 Å². The number of hydrogen-bond acceptors (Lipinski definition) is 10. The second kappa shape index (κ2) is 9.66. The number of aromatic nitrogens is 4. The van der Waals surface area contributed by atoms with E-state index in [1.54, 1.807) is 0 Å². The van der Waals surface area contributed by atoms with Gasteiger partial charge in [0, 0.05) is 12.1 Å². The van der Waals surface area contributed by atoms with Crippen molar-refractivity contribution >= 4 is 29.6 Å². The quantitative estimate of drug-likeness (QED) is 0.462. The van der Waals surface area contributed by atoms with Gasteiger partial charge in [0.05, 0.1) is 12.7 Å². The van der Waals surface area contributed by atoms with Crippen LogP contribution >= 0.6 is 0 Å². The zero-order chi connectivity index (χ0) is 26.1. The maximum Gasteiger partial charge on any atom is 0.356 e. The molecule has 0 bridgehead atoms. The minimum atomic E-state index is -1.29. The smallest absolute Gasteiger partial charge is 0.356 e. The molecule has 1 aliphatic rings. The van der Waals surface area contributed by atoms with E-state index in [-0.39, 0.29) is 35.1 Å². The number of fused-ring (bicyclic) bond motifs is 2. The summed E-state index contributed by atoms with van der Waals surface area (Å²) in [4.78, 5) is 41.7. The molecule has 5 N–H and O–H groups in total. The number of nitrogen functional groups attached to an aromatic ring is 1. The van der Waals surface area contributed by atoms with Crippen LogP contribution < -0.4 is 11.5 Å². The summed E-state index contributed by atoms with van der Waals surface area (Å²) in [6, 6.07) is 4.97. The molecule has 35 heavy (non-hydrogen) atoms. The van der Waals surface area contributed by atoms with Crippen LogP contribution in [0.1, 0.15) is 81.3 Å². The molecule has 0 unspecified atom stereocenters. The maximum atomic E-state index is 12.1. The summed E-state index contributed by atoms with van der Waals surface area (Å²) in [5.41, 5.74) is 14.6. The van der Waals surface area contributed by atoms with Gasteiger partial charge in [-0.2, -0.15) is 9.50 Å². The zero-order valence-corrected chi connectivity index (χ0v) is 20.2. The first kappa shape index (κ1) is 25.6. The summed E-state index contributed by atoms with van der Waals surface area (Å²) in [5, 5.41) is 12.5. The molecule has 0 amide bonds. The van der Waals surface area contributed by atoms with Gasteiger partial charge in [-0.05, 0) is 63.3 Å². The predicted molar refractivity (Wildman–Crippen MR) is 125 cm³/mol. The highest BCUT2D eigenvalue weighted by Gasteiger charge is 2.26. The van der Waals surface area contributed by atoms with E-state index in [9.17, 15) is 14.4 Å². The summed E-state index contributed by atoms with van der Waals surface area (Å²) >= 11 is 0. The summed E-state index contributed by atoms with van der Waals surface area (Å²) < 4.78 is 10.9. The molecule has 0 fully saturated rings. The molecule has 1 aliphatic carbocycles. The van der Waals surface area contributed by atoms with Gasteiger partial charge in [-0.1, -0.05) is 6.07 Å². The lowest BCUT2D eigenvalue weighted by Gasteiger charge is -2.21. The van der Waals surface area contributed by atoms with Crippen LogP contribution in [0.15, 0.2) is 18.2 Å². The van der Waals surface area contributed by atoms with Crippen molar-refractivity contribution in [3.8, 4) is 0 Å². The van der Waals surface area contributed by atoms with Crippen molar-refractivity contribution in [2.45, 2.75) is 52.2 Å². The third-order valence-corrected chi connectivity index (χ3v) is 5.30. The molecule has 1 atom stereocenters. The van der Waals surface area contributed by atoms with Gasteiger partial charge >= 0.3 is 17.9 Å². The Morgan fingerprint density at radius 2 is 1.86 bits per heavy atom. The molecular weight excluding hydrogens is 456 g/mol. The summed E-state index contributed by atoms with van der Waals surface area (Å²) in [6.07, 6.45) is 1.92. The number of rotatable bonds is 3. The highest BCUT2D eigenvalue weighted by atomic mass is 16.6. The zero-order valence-electron chi connectivity index (χ0n) is 20.2. The number of nitrogens with zero attached hydrogens (tertiary/aromatic N) is 4. The summed E-state index contributed by atoms with van der Waals surface area (Å²) in [6.45, 7) is 7.62. The third-order valence-electron chi connectivity index (χ3n) is 5.30. The first-order valence-electron chi connectivity index (χ1n) is 10.8. The number of carboxylic acid groups (broad SMARTS) is 1. The molecule has 0 aliphatic heterocycles. The normalized spacial score (nSPS) is 14.6. The molecule has 0 radical (unpaired) electrons. The molecule has 0 saturated carbocycles. The fourth-order valence-corrected chi connectivity index (χ4v) is 3.71. The average molecular weight is 485 g/mol. The molecule has 1 aromatic carbocycles. The maximum absolute atomic E-state index is 12.1. The molecule has 12 heteroatoms. The van der Waals surface area contributed by atoms with E-state index >= 15 is 0 Å². The lowest BCUT2D eigenvalue weighted by molar-refractivity contribution is 0.00682. The number of ether oxygens (including phenoxy) is 2. The predicted octanol–water partition coefficient (Wildman–Crippen LogP) is 2.09. The van der Waals surface area contributed by atoms with E-state index in [1.807, 2.05) is 39.8 Å². The first-order valence-corrected chi connectivity index (χ1v) is 10.8. The number of carbonyl (C=O) groups is 3. The molecular formula is C23H28N6O6. The lowest BCUT2D eigenvalue weighted by Crippen LogP contribution is -2.24. The number of anilines is 1. The van der Waals surface area contributed by atoms with Crippen LogP contribution in [0.3, 0.4) is 0 Å². The second-order valence-corrected chi connectivity index (χ2v) is 8.96. The fourth-order valence-electron chi connectivity index (χ4n) is 3.71. The van der Waals surface area contributed by atoms with E-state index in [2.05, 4.69) is 19.8 Å². The van der Waals surface area contributed by atoms with Gasteiger partial charge in [0.15, 0.2) is 11.4 Å². The van der Waals surface area contributed by atoms with Crippen LogP contribution in [-0.2, 0) is 15.9 Å². The van der Waals surface area contributed by atoms with Gasteiger partial charge in [-0.3, -0.25) is 0 Å². The van der Waals surface area contributed by atoms with Crippen molar-refractivity contribution in [1.82, 2.24) is 19.6 Å². The molecule has 186 valence electrons. The molecule has 2 heterocycles. The summed E-state index contributed by atoms with van der Waals surface area (Å²) in [7, 11) is 1.16. The number of nitrogens with two attached hydrogens (primary N) is 2. The SMILES string of the molecule is COC(=O)c1cc(C(=O)O)nc2nc(N)nn12.Cc1c(C(=O)OC(C)(C)C)ccc2c1CC[C@@H]2N. The minimum absolute atomic E-state index is 0.0807. The largest absolute Gasteiger partial charge is 0.477 e. The van der Waals surface area contributed by atoms with Crippen molar-refractivity contribution in [3.05, 3.63) is 51.8 Å². The lowest BCUT2D eigenvalue weighted by atomic mass is 9.98. The topological polar surface area (TPSA) is 185 Å². The first-order chi connectivity index (χ1) is 16.3. The van der Waals surface area contributed by atoms with Crippen LogP contribution in [-0.4, -0.2) is 55.3 Å². The van der Waals surface area contributed by atoms with Crippen molar-refractivity contribution < 1.29 is 29.0 Å². The summed E-state index contributed by atoms with van der Waals surface area (Å²) in [5.74, 6) is -2.50. The van der Waals surface area contributed by atoms with Gasteiger partial charge in [0.1, 0.15) is 5.60 Å². The third kappa shape index (κ3) is 5.54. The van der Waals surface area contributed by atoms with Crippen LogP contribution in [0.25, 0.3) is 5.78 Å². The van der Waals surface area contributed by atoms with Gasteiger partial charge in [0.2, 0.25) is 5.95 Å². The Balaban J connectivity index is 0.000000196. The molecule has 3 aromatic rings. The number of carboxylic acids is 1. The van der Waals surface area contributed by atoms with Crippen LogP contribution in [0, 0.1) is 6.92 Å². The van der Waals surface area contributed by atoms with Crippen LogP contribution in [0.2, 0.25) is 0 Å². The van der Waals surface area contributed by atoms with Gasteiger partial charge in [-0.15, -0.1) is 5.10 Å². The van der Waals surface area contributed by atoms with E-state index in [0.29, 0.717) is 5.56 Å². The van der Waals surface area contributed by atoms with Crippen molar-refractivity contribution in [2.24, 2.45) is 5.73 Å². The molecule has 12 nitrogen and oxygen atoms in total. The number of methoxy groups -OCH3 is 1. The molecule has 0 saturated heterocycles. The fraction of sp³-hybridized carbons (Fsp3) is 0.391. The molecule has 0 spiro atoms. The van der Waals surface area contributed by atoms with E-state index in [0.717, 1.165) is 36.1 Å². The van der Waals surface area contributed by atoms with E-state index < -0.39 is 17.5 Å². The van der Waals surface area contributed by atoms with Gasteiger partial charge in [-0.25, -0.2) is 19.4 Å². The second-order valence-electron chi connectivity index (χ2n) is 8.96. The van der Waals surface area contributed by atoms with Crippen LogP contribution in [0.5, 0.6) is 0 Å². The number of esters is 2. The highest BCUT2D eigenvalue weighted by Crippen LogP contribution is 2.33. The number of hydrogen-bond donors (Lipinski definition) is 3. The number of benzene rings is 1. The average Bonchev–Trinajstić information content (AvgIpc) is 3.34. The van der Waals surface area contributed by atoms with Crippen molar-refractivity contribution in [3.63, 3.8) is 0 Å². The standard InChI is InChI=1S/C15H21NO2.C8H7N5O4/c1-9-10-7-8-13(16)12(10)6-5-11(9)14(17)18-15(2,3)4;1-17-6(16)4-2-3(5(14)15)10-8-11-7(9)12-13(4)8/h5-6,13H,7-8,16H2,1-4H3;2H,1H3,(H2,9,12)(H,14,15)/t13-;/m0./s1. The van der Waals surface area contributed by atoms with E-state index in [4.69, 9.17) is 21.3 Å². The minimum Gasteiger partial charge on any atom is -0.477 e.